The predicted molar refractivity (Wildman–Crippen MR) is 55.2 cm³/mol. The molecule has 72 valence electrons. The third-order valence-electron chi connectivity index (χ3n) is 2.18. The lowest BCUT2D eigenvalue weighted by Gasteiger charge is -2.24. The Hall–Kier alpha value is -0.0900. The van der Waals surface area contributed by atoms with E-state index in [1.165, 1.54) is 10.4 Å². The minimum atomic E-state index is 0.172. The Labute approximate surface area is 87.2 Å². The summed E-state index contributed by atoms with van der Waals surface area (Å²) >= 11 is 7.57. The number of fused-ring (bicyclic) bond motifs is 1. The number of likely N-dealkylation sites (N-methyl/N-ethyl adjacent to an activating group) is 1. The number of hydrogen-bond donors (Lipinski definition) is 0. The van der Waals surface area contributed by atoms with Crippen LogP contribution in [0.25, 0.3) is 0 Å². The lowest BCUT2D eigenvalue weighted by Crippen LogP contribution is -2.23. The summed E-state index contributed by atoms with van der Waals surface area (Å²) in [5.74, 6) is 0. The summed E-state index contributed by atoms with van der Waals surface area (Å²) in [5, 5.41) is 2.13. The summed E-state index contributed by atoms with van der Waals surface area (Å²) in [4.78, 5) is 1.35. The Morgan fingerprint density at radius 1 is 1.77 bits per heavy atom. The molecule has 0 saturated heterocycles. The van der Waals surface area contributed by atoms with Gasteiger partial charge in [0.1, 0.15) is 6.10 Å². The van der Waals surface area contributed by atoms with Crippen molar-refractivity contribution in [2.45, 2.75) is 12.5 Å². The molecule has 2 rings (SSSR count). The van der Waals surface area contributed by atoms with Gasteiger partial charge in [0.25, 0.3) is 0 Å². The normalized spacial score (nSPS) is 21.9. The predicted octanol–water partition coefficient (Wildman–Crippen LogP) is 2.45. The molecule has 1 aromatic rings. The lowest BCUT2D eigenvalue weighted by atomic mass is 10.1. The van der Waals surface area contributed by atoms with E-state index in [1.54, 1.807) is 15.8 Å². The fraction of sp³-hybridized carbons (Fsp3) is 0.556. The average molecular weight is 218 g/mol. The molecule has 1 aliphatic rings. The molecule has 0 amide bonds. The largest absolute Gasteiger partial charge is 0.371 e. The number of nitrogens with zero attached hydrogens (tertiary/aromatic N) is 1. The lowest BCUT2D eigenvalue weighted by molar-refractivity contribution is 0.0362. The Bertz CT molecular complexity index is 287. The van der Waals surface area contributed by atoms with Crippen LogP contribution in [-0.2, 0) is 11.2 Å². The van der Waals surface area contributed by atoms with E-state index < -0.39 is 0 Å². The molecule has 2 heterocycles. The first-order valence-corrected chi connectivity index (χ1v) is 5.54. The molecule has 0 aliphatic carbocycles. The maximum absolute atomic E-state index is 5.80. The molecule has 13 heavy (non-hydrogen) atoms. The molecule has 1 aliphatic heterocycles. The van der Waals surface area contributed by atoms with Gasteiger partial charge in [0.2, 0.25) is 0 Å². The summed E-state index contributed by atoms with van der Waals surface area (Å²) < 4.78 is 7.31. The highest BCUT2D eigenvalue weighted by Gasteiger charge is 2.22. The molecule has 0 bridgehead atoms. The molecule has 2 nitrogen and oxygen atoms in total. The first kappa shape index (κ1) is 9.46. The van der Waals surface area contributed by atoms with Gasteiger partial charge in [0.05, 0.1) is 6.61 Å². The molecule has 0 radical (unpaired) electrons. The molecule has 0 saturated carbocycles. The Morgan fingerprint density at radius 3 is 3.38 bits per heavy atom. The fourth-order valence-corrected chi connectivity index (χ4v) is 2.71. The fourth-order valence-electron chi connectivity index (χ4n) is 1.59. The highest BCUT2D eigenvalue weighted by molar-refractivity contribution is 7.10. The zero-order valence-electron chi connectivity index (χ0n) is 7.50. The SMILES string of the molecule is CN(Cl)C[C@@H]1OCCc2ccsc21. The van der Waals surface area contributed by atoms with Crippen LogP contribution in [0.5, 0.6) is 0 Å². The minimum Gasteiger partial charge on any atom is -0.371 e. The second-order valence-electron chi connectivity index (χ2n) is 3.21. The van der Waals surface area contributed by atoms with E-state index in [4.69, 9.17) is 16.5 Å². The maximum Gasteiger partial charge on any atom is 0.106 e. The molecule has 0 aromatic carbocycles. The van der Waals surface area contributed by atoms with Crippen molar-refractivity contribution in [1.82, 2.24) is 4.42 Å². The van der Waals surface area contributed by atoms with Crippen molar-refractivity contribution < 1.29 is 4.74 Å². The zero-order chi connectivity index (χ0) is 9.26. The van der Waals surface area contributed by atoms with Gasteiger partial charge in [-0.25, -0.2) is 4.42 Å². The second-order valence-corrected chi connectivity index (χ2v) is 4.73. The van der Waals surface area contributed by atoms with E-state index in [1.807, 2.05) is 7.05 Å². The molecule has 0 N–H and O–H groups in total. The molecule has 0 unspecified atom stereocenters. The average Bonchev–Trinajstić information content (AvgIpc) is 2.51. The Balaban J connectivity index is 2.15. The van der Waals surface area contributed by atoms with Gasteiger partial charge in [-0.3, -0.25) is 0 Å². The van der Waals surface area contributed by atoms with Crippen molar-refractivity contribution >= 4 is 23.1 Å². The summed E-state index contributed by atoms with van der Waals surface area (Å²) in [6.45, 7) is 1.58. The van der Waals surface area contributed by atoms with Crippen LogP contribution in [0.15, 0.2) is 11.4 Å². The van der Waals surface area contributed by atoms with E-state index in [9.17, 15) is 0 Å². The van der Waals surface area contributed by atoms with Gasteiger partial charge in [0.15, 0.2) is 0 Å². The van der Waals surface area contributed by atoms with Crippen molar-refractivity contribution in [3.8, 4) is 0 Å². The van der Waals surface area contributed by atoms with E-state index in [2.05, 4.69) is 11.4 Å². The quantitative estimate of drug-likeness (QED) is 0.706. The van der Waals surface area contributed by atoms with E-state index in [0.717, 1.165) is 19.6 Å². The first-order chi connectivity index (χ1) is 6.27. The molecular weight excluding hydrogens is 206 g/mol. The van der Waals surface area contributed by atoms with Crippen LogP contribution in [-0.4, -0.2) is 24.6 Å². The van der Waals surface area contributed by atoms with E-state index in [0.29, 0.717) is 0 Å². The van der Waals surface area contributed by atoms with Crippen LogP contribution in [0.2, 0.25) is 0 Å². The van der Waals surface area contributed by atoms with Gasteiger partial charge in [-0.15, -0.1) is 11.3 Å². The first-order valence-electron chi connectivity index (χ1n) is 4.32. The summed E-state index contributed by atoms with van der Waals surface area (Å²) in [5.41, 5.74) is 1.43. The number of hydrogen-bond acceptors (Lipinski definition) is 3. The monoisotopic (exact) mass is 217 g/mol. The van der Waals surface area contributed by atoms with Crippen LogP contribution in [0, 0.1) is 0 Å². The third-order valence-corrected chi connectivity index (χ3v) is 3.37. The minimum absolute atomic E-state index is 0.172. The van der Waals surface area contributed by atoms with Crippen LogP contribution in [0.4, 0.5) is 0 Å². The molecule has 1 aromatic heterocycles. The number of thiophene rings is 1. The van der Waals surface area contributed by atoms with Crippen molar-refractivity contribution in [3.05, 3.63) is 21.9 Å². The van der Waals surface area contributed by atoms with Gasteiger partial charge in [-0.1, -0.05) is 0 Å². The number of halogens is 1. The highest BCUT2D eigenvalue weighted by Crippen LogP contribution is 2.32. The van der Waals surface area contributed by atoms with Crippen LogP contribution in [0.3, 0.4) is 0 Å². The summed E-state index contributed by atoms with van der Waals surface area (Å²) in [6, 6.07) is 2.18. The molecule has 0 fully saturated rings. The van der Waals surface area contributed by atoms with Crippen LogP contribution in [0.1, 0.15) is 16.5 Å². The van der Waals surface area contributed by atoms with E-state index >= 15 is 0 Å². The smallest absolute Gasteiger partial charge is 0.106 e. The topological polar surface area (TPSA) is 12.5 Å². The van der Waals surface area contributed by atoms with E-state index in [-0.39, 0.29) is 6.10 Å². The highest BCUT2D eigenvalue weighted by atomic mass is 35.5. The Morgan fingerprint density at radius 2 is 2.62 bits per heavy atom. The van der Waals surface area contributed by atoms with Crippen molar-refractivity contribution in [2.24, 2.45) is 0 Å². The van der Waals surface area contributed by atoms with Gasteiger partial charge in [-0.05, 0) is 35.2 Å². The van der Waals surface area contributed by atoms with Gasteiger partial charge >= 0.3 is 0 Å². The van der Waals surface area contributed by atoms with Crippen molar-refractivity contribution in [3.63, 3.8) is 0 Å². The van der Waals surface area contributed by atoms with Crippen LogP contribution < -0.4 is 0 Å². The van der Waals surface area contributed by atoms with Crippen molar-refractivity contribution in [2.75, 3.05) is 20.2 Å². The second kappa shape index (κ2) is 3.96. The van der Waals surface area contributed by atoms with Crippen molar-refractivity contribution in [1.29, 1.82) is 0 Å². The third kappa shape index (κ3) is 2.05. The molecule has 1 atom stereocenters. The summed E-state index contributed by atoms with van der Waals surface area (Å²) in [6.07, 6.45) is 1.22. The van der Waals surface area contributed by atoms with Gasteiger partial charge in [-0.2, -0.15) is 0 Å². The van der Waals surface area contributed by atoms with Gasteiger partial charge < -0.3 is 4.74 Å². The number of ether oxygens (including phenoxy) is 1. The maximum atomic E-state index is 5.80. The molecular formula is C9H12ClNOS. The zero-order valence-corrected chi connectivity index (χ0v) is 9.07. The number of rotatable bonds is 2. The summed E-state index contributed by atoms with van der Waals surface area (Å²) in [7, 11) is 1.85. The standard InChI is InChI=1S/C9H12ClNOS/c1-11(10)6-8-9-7(2-4-12-8)3-5-13-9/h3,5,8H,2,4,6H2,1H3/t8-/m0/s1. The molecule has 4 heteroatoms. The Kier molecular flexibility index (Phi) is 2.89. The van der Waals surface area contributed by atoms with Gasteiger partial charge in [0, 0.05) is 18.5 Å². The van der Waals surface area contributed by atoms with Crippen LogP contribution >= 0.6 is 23.1 Å². The molecule has 0 spiro atoms.